The Labute approximate surface area is 177 Å². The van der Waals surface area contributed by atoms with Crippen molar-refractivity contribution in [2.75, 3.05) is 0 Å². The molecule has 1 amide bonds. The third-order valence-electron chi connectivity index (χ3n) is 8.22. The molecule has 2 aliphatic carbocycles. The minimum atomic E-state index is -0.667. The number of amides is 1. The van der Waals surface area contributed by atoms with Crippen molar-refractivity contribution in [1.82, 2.24) is 20.3 Å². The van der Waals surface area contributed by atoms with Crippen molar-refractivity contribution in [2.24, 2.45) is 5.41 Å². The van der Waals surface area contributed by atoms with Crippen molar-refractivity contribution < 1.29 is 4.79 Å². The smallest absolute Gasteiger partial charge is 0.233 e. The summed E-state index contributed by atoms with van der Waals surface area (Å²) >= 11 is 0. The van der Waals surface area contributed by atoms with E-state index in [2.05, 4.69) is 57.1 Å². The zero-order valence-electron chi connectivity index (χ0n) is 18.3. The number of aryl methyl sites for hydroxylation is 2. The van der Waals surface area contributed by atoms with E-state index in [4.69, 9.17) is 9.97 Å². The lowest BCUT2D eigenvalue weighted by molar-refractivity contribution is -0.130. The van der Waals surface area contributed by atoms with Gasteiger partial charge in [-0.3, -0.25) is 9.78 Å². The predicted octanol–water partition coefficient (Wildman–Crippen LogP) is 4.29. The van der Waals surface area contributed by atoms with E-state index in [0.717, 1.165) is 40.8 Å². The molecule has 30 heavy (non-hydrogen) atoms. The molecule has 1 aromatic carbocycles. The Kier molecular flexibility index (Phi) is 3.89. The fourth-order valence-electron chi connectivity index (χ4n) is 5.70. The maximum Gasteiger partial charge on any atom is 0.233 e. The Morgan fingerprint density at radius 3 is 2.33 bits per heavy atom. The van der Waals surface area contributed by atoms with E-state index in [1.807, 2.05) is 12.1 Å². The predicted molar refractivity (Wildman–Crippen MR) is 117 cm³/mol. The maximum atomic E-state index is 13.8. The molecule has 0 saturated heterocycles. The fraction of sp³-hybridized carbons (Fsp3) is 0.440. The zero-order valence-corrected chi connectivity index (χ0v) is 18.3. The summed E-state index contributed by atoms with van der Waals surface area (Å²) < 4.78 is 0. The van der Waals surface area contributed by atoms with Crippen molar-refractivity contribution in [1.29, 1.82) is 0 Å². The third kappa shape index (κ3) is 2.23. The molecule has 2 heterocycles. The summed E-state index contributed by atoms with van der Waals surface area (Å²) in [7, 11) is 0. The molecular formula is C25H28N4O. The average Bonchev–Trinajstić information content (AvgIpc) is 3.02. The average molecular weight is 401 g/mol. The van der Waals surface area contributed by atoms with E-state index in [0.29, 0.717) is 6.54 Å². The molecule has 2 bridgehead atoms. The lowest BCUT2D eigenvalue weighted by Gasteiger charge is -2.39. The van der Waals surface area contributed by atoms with Crippen LogP contribution < -0.4 is 5.32 Å². The van der Waals surface area contributed by atoms with Crippen molar-refractivity contribution in [3.8, 4) is 0 Å². The van der Waals surface area contributed by atoms with Crippen LogP contribution in [-0.2, 0) is 22.2 Å². The molecule has 0 radical (unpaired) electrons. The molecule has 1 fully saturated rings. The Balaban J connectivity index is 1.64. The number of aromatic nitrogens is 3. The fourth-order valence-corrected chi connectivity index (χ4v) is 5.70. The standard InChI is InChI=1S/C25H28N4O/c1-15-11-18-19(12-16(15)2)29-21-20(28-18)24(5)8-9-25(21,23(24,3)4)22(30)27-14-17-7-6-10-26-13-17/h6-7,10-13H,8-9,14H2,1-5H3,(H,27,30). The lowest BCUT2D eigenvalue weighted by Crippen LogP contribution is -2.51. The van der Waals surface area contributed by atoms with Gasteiger partial charge in [0.05, 0.1) is 27.8 Å². The van der Waals surface area contributed by atoms with Crippen LogP contribution in [0.3, 0.4) is 0 Å². The van der Waals surface area contributed by atoms with Gasteiger partial charge in [0.25, 0.3) is 0 Å². The highest BCUT2D eigenvalue weighted by molar-refractivity contribution is 5.93. The third-order valence-corrected chi connectivity index (χ3v) is 8.22. The van der Waals surface area contributed by atoms with E-state index in [9.17, 15) is 4.79 Å². The molecule has 0 aliphatic heterocycles. The van der Waals surface area contributed by atoms with Gasteiger partial charge in [0.15, 0.2) is 0 Å². The van der Waals surface area contributed by atoms with Crippen molar-refractivity contribution in [3.63, 3.8) is 0 Å². The first-order chi connectivity index (χ1) is 14.2. The summed E-state index contributed by atoms with van der Waals surface area (Å²) in [6.45, 7) is 11.4. The first-order valence-electron chi connectivity index (χ1n) is 10.7. The first kappa shape index (κ1) is 19.2. The van der Waals surface area contributed by atoms with Gasteiger partial charge in [0.2, 0.25) is 5.91 Å². The summed E-state index contributed by atoms with van der Waals surface area (Å²) in [6.07, 6.45) is 5.28. The second-order valence-electron chi connectivity index (χ2n) is 9.75. The van der Waals surface area contributed by atoms with Gasteiger partial charge in [-0.05, 0) is 67.0 Å². The van der Waals surface area contributed by atoms with Gasteiger partial charge in [0, 0.05) is 24.4 Å². The molecule has 2 atom stereocenters. The molecule has 5 heteroatoms. The van der Waals surface area contributed by atoms with Crippen LogP contribution in [0.4, 0.5) is 0 Å². The van der Waals surface area contributed by atoms with Gasteiger partial charge in [-0.25, -0.2) is 9.97 Å². The van der Waals surface area contributed by atoms with Gasteiger partial charge < -0.3 is 5.32 Å². The highest BCUT2D eigenvalue weighted by Gasteiger charge is 2.73. The topological polar surface area (TPSA) is 67.8 Å². The Morgan fingerprint density at radius 1 is 1.03 bits per heavy atom. The van der Waals surface area contributed by atoms with E-state index in [-0.39, 0.29) is 16.7 Å². The Hall–Kier alpha value is -2.82. The molecule has 3 aromatic rings. The number of pyridine rings is 1. The summed E-state index contributed by atoms with van der Waals surface area (Å²) in [5.41, 5.74) is 5.97. The summed E-state index contributed by atoms with van der Waals surface area (Å²) in [6, 6.07) is 8.09. The second-order valence-corrected chi connectivity index (χ2v) is 9.75. The first-order valence-corrected chi connectivity index (χ1v) is 10.7. The van der Waals surface area contributed by atoms with Gasteiger partial charge in [-0.15, -0.1) is 0 Å². The largest absolute Gasteiger partial charge is 0.351 e. The maximum absolute atomic E-state index is 13.8. The quantitative estimate of drug-likeness (QED) is 0.712. The van der Waals surface area contributed by atoms with E-state index in [1.165, 1.54) is 11.1 Å². The number of rotatable bonds is 3. The van der Waals surface area contributed by atoms with Crippen LogP contribution >= 0.6 is 0 Å². The molecule has 0 spiro atoms. The van der Waals surface area contributed by atoms with Crippen LogP contribution in [0.5, 0.6) is 0 Å². The molecule has 1 saturated carbocycles. The zero-order chi connectivity index (χ0) is 21.3. The number of carbonyl (C=O) groups is 1. The molecule has 2 aromatic heterocycles. The van der Waals surface area contributed by atoms with Gasteiger partial charge >= 0.3 is 0 Å². The van der Waals surface area contributed by atoms with Gasteiger partial charge in [0.1, 0.15) is 0 Å². The molecule has 2 unspecified atom stereocenters. The van der Waals surface area contributed by atoms with E-state index in [1.54, 1.807) is 12.4 Å². The summed E-state index contributed by atoms with van der Waals surface area (Å²) in [5, 5.41) is 3.19. The number of benzene rings is 1. The van der Waals surface area contributed by atoms with Crippen molar-refractivity contribution in [3.05, 3.63) is 64.7 Å². The molecule has 5 nitrogen and oxygen atoms in total. The second kappa shape index (κ2) is 6.10. The van der Waals surface area contributed by atoms with Crippen LogP contribution in [0.25, 0.3) is 11.0 Å². The van der Waals surface area contributed by atoms with Crippen LogP contribution in [0.1, 0.15) is 61.7 Å². The van der Waals surface area contributed by atoms with Gasteiger partial charge in [-0.1, -0.05) is 26.8 Å². The highest BCUT2D eigenvalue weighted by Crippen LogP contribution is 2.70. The lowest BCUT2D eigenvalue weighted by atomic mass is 9.63. The molecule has 154 valence electrons. The van der Waals surface area contributed by atoms with Crippen molar-refractivity contribution in [2.45, 2.75) is 64.8 Å². The van der Waals surface area contributed by atoms with Crippen molar-refractivity contribution >= 4 is 16.9 Å². The molecular weight excluding hydrogens is 372 g/mol. The Bertz CT molecular complexity index is 1190. The molecule has 2 aliphatic rings. The number of hydrogen-bond donors (Lipinski definition) is 1. The highest BCUT2D eigenvalue weighted by atomic mass is 16.2. The van der Waals surface area contributed by atoms with Crippen LogP contribution in [-0.4, -0.2) is 20.9 Å². The van der Waals surface area contributed by atoms with E-state index < -0.39 is 5.41 Å². The summed E-state index contributed by atoms with van der Waals surface area (Å²) in [5.74, 6) is 0.0521. The normalized spacial score (nSPS) is 26.0. The minimum Gasteiger partial charge on any atom is -0.351 e. The number of carbonyl (C=O) groups excluding carboxylic acids is 1. The Morgan fingerprint density at radius 2 is 1.70 bits per heavy atom. The summed E-state index contributed by atoms with van der Waals surface area (Å²) in [4.78, 5) is 28.1. The minimum absolute atomic E-state index is 0.0521. The van der Waals surface area contributed by atoms with Crippen LogP contribution in [0.15, 0.2) is 36.7 Å². The molecule has 1 N–H and O–H groups in total. The number of nitrogens with one attached hydrogen (secondary N) is 1. The van der Waals surface area contributed by atoms with E-state index >= 15 is 0 Å². The molecule has 5 rings (SSSR count). The van der Waals surface area contributed by atoms with Crippen LogP contribution in [0, 0.1) is 19.3 Å². The SMILES string of the molecule is Cc1cc2nc3c(nc2cc1C)C1(C(=O)NCc2cccnc2)CCC3(C)C1(C)C. The van der Waals surface area contributed by atoms with Crippen LogP contribution in [0.2, 0.25) is 0 Å². The number of fused-ring (bicyclic) bond motifs is 6. The van der Waals surface area contributed by atoms with Gasteiger partial charge in [-0.2, -0.15) is 0 Å². The number of nitrogens with zero attached hydrogens (tertiary/aromatic N) is 3. The number of hydrogen-bond acceptors (Lipinski definition) is 4. The monoisotopic (exact) mass is 400 g/mol.